The summed E-state index contributed by atoms with van der Waals surface area (Å²) in [6, 6.07) is 7.78. The first-order chi connectivity index (χ1) is 12.7. The van der Waals surface area contributed by atoms with Crippen LogP contribution in [0.5, 0.6) is 5.88 Å². The smallest absolute Gasteiger partial charge is 0.359 e. The molecule has 2 aromatic rings. The molecule has 1 spiro atoms. The van der Waals surface area contributed by atoms with Gasteiger partial charge in [0.2, 0.25) is 5.88 Å². The van der Waals surface area contributed by atoms with E-state index in [-0.39, 0.29) is 5.92 Å². The summed E-state index contributed by atoms with van der Waals surface area (Å²) in [6.07, 6.45) is 3.34. The van der Waals surface area contributed by atoms with Gasteiger partial charge >= 0.3 is 17.8 Å². The fraction of sp³-hybridized carbons (Fsp3) is 0.389. The third-order valence-corrected chi connectivity index (χ3v) is 6.01. The number of esters is 2. The standard InChI is InChI=1S/C18H16N2O5S/c21-14-5-6-15(22)25-18(24-14)16(11-7-9-20(18)10-8-11)23-17-12-3-1-2-4-13(12)26-19-17/h1-6,11,16H,7-10H2. The van der Waals surface area contributed by atoms with E-state index in [1.165, 1.54) is 11.5 Å². The van der Waals surface area contributed by atoms with Crippen LogP contribution >= 0.6 is 11.5 Å². The van der Waals surface area contributed by atoms with Gasteiger partial charge in [-0.15, -0.1) is 0 Å². The predicted molar refractivity (Wildman–Crippen MR) is 92.4 cm³/mol. The highest BCUT2D eigenvalue weighted by atomic mass is 32.1. The summed E-state index contributed by atoms with van der Waals surface area (Å²) in [5.74, 6) is -2.17. The molecule has 0 N–H and O–H groups in total. The van der Waals surface area contributed by atoms with Gasteiger partial charge in [0.05, 0.1) is 10.1 Å². The van der Waals surface area contributed by atoms with Crippen LogP contribution in [0, 0.1) is 5.92 Å². The Morgan fingerprint density at radius 1 is 1.12 bits per heavy atom. The van der Waals surface area contributed by atoms with E-state index < -0.39 is 24.0 Å². The quantitative estimate of drug-likeness (QED) is 0.747. The fourth-order valence-electron chi connectivity index (χ4n) is 3.99. The molecule has 3 fully saturated rings. The minimum atomic E-state index is -1.54. The molecule has 4 aliphatic rings. The lowest BCUT2D eigenvalue weighted by Gasteiger charge is -2.54. The van der Waals surface area contributed by atoms with Crippen molar-refractivity contribution < 1.29 is 23.8 Å². The number of aromatic nitrogens is 1. The first-order valence-corrected chi connectivity index (χ1v) is 9.33. The predicted octanol–water partition coefficient (Wildman–Crippen LogP) is 2.08. The molecule has 3 saturated heterocycles. The molecule has 26 heavy (non-hydrogen) atoms. The van der Waals surface area contributed by atoms with E-state index in [2.05, 4.69) is 4.37 Å². The van der Waals surface area contributed by atoms with Gasteiger partial charge in [-0.25, -0.2) is 14.5 Å². The first kappa shape index (κ1) is 15.8. The van der Waals surface area contributed by atoms with Crippen LogP contribution in [0.3, 0.4) is 0 Å². The Morgan fingerprint density at radius 2 is 1.81 bits per heavy atom. The molecular weight excluding hydrogens is 356 g/mol. The van der Waals surface area contributed by atoms with E-state index in [4.69, 9.17) is 14.2 Å². The van der Waals surface area contributed by atoms with Crippen molar-refractivity contribution in [3.8, 4) is 5.88 Å². The number of piperidine rings is 3. The maximum absolute atomic E-state index is 12.1. The minimum absolute atomic E-state index is 0.110. The van der Waals surface area contributed by atoms with E-state index in [9.17, 15) is 9.59 Å². The molecule has 0 aliphatic carbocycles. The summed E-state index contributed by atoms with van der Waals surface area (Å²) in [5.41, 5.74) is 0. The van der Waals surface area contributed by atoms with E-state index >= 15 is 0 Å². The van der Waals surface area contributed by atoms with Crippen molar-refractivity contribution in [3.05, 3.63) is 36.4 Å². The fourth-order valence-corrected chi connectivity index (χ4v) is 4.70. The largest absolute Gasteiger partial charge is 0.463 e. The molecular formula is C18H16N2O5S. The van der Waals surface area contributed by atoms with Crippen molar-refractivity contribution in [2.45, 2.75) is 24.9 Å². The molecule has 1 atom stereocenters. The van der Waals surface area contributed by atoms with Crippen molar-refractivity contribution in [3.63, 3.8) is 0 Å². The molecule has 8 heteroatoms. The lowest BCUT2D eigenvalue weighted by Crippen LogP contribution is -2.71. The number of carbonyl (C=O) groups is 2. The zero-order chi connectivity index (χ0) is 17.7. The van der Waals surface area contributed by atoms with Gasteiger partial charge in [-0.05, 0) is 36.5 Å². The molecule has 2 bridgehead atoms. The summed E-state index contributed by atoms with van der Waals surface area (Å²) in [7, 11) is 0. The second-order valence-corrected chi connectivity index (χ2v) is 7.46. The van der Waals surface area contributed by atoms with Crippen LogP contribution in [0.2, 0.25) is 0 Å². The second kappa shape index (κ2) is 5.78. The number of ether oxygens (including phenoxy) is 3. The molecule has 0 radical (unpaired) electrons. The monoisotopic (exact) mass is 372 g/mol. The number of fused-ring (bicyclic) bond motifs is 3. The Bertz CT molecular complexity index is 895. The minimum Gasteiger partial charge on any atom is -0.463 e. The maximum Gasteiger partial charge on any atom is 0.359 e. The summed E-state index contributed by atoms with van der Waals surface area (Å²) in [6.45, 7) is 1.37. The Labute approximate surface area is 153 Å². The molecule has 1 aromatic carbocycles. The summed E-state index contributed by atoms with van der Waals surface area (Å²) < 4.78 is 22.9. The van der Waals surface area contributed by atoms with Crippen LogP contribution in [0.1, 0.15) is 12.8 Å². The number of carbonyl (C=O) groups excluding carboxylic acids is 2. The highest BCUT2D eigenvalue weighted by molar-refractivity contribution is 7.13. The lowest BCUT2D eigenvalue weighted by atomic mass is 9.82. The van der Waals surface area contributed by atoms with Crippen LogP contribution in [0.4, 0.5) is 0 Å². The zero-order valence-electron chi connectivity index (χ0n) is 13.8. The number of rotatable bonds is 2. The molecule has 1 aromatic heterocycles. The van der Waals surface area contributed by atoms with Crippen LogP contribution in [0.15, 0.2) is 36.4 Å². The average Bonchev–Trinajstić information content (AvgIpc) is 2.99. The van der Waals surface area contributed by atoms with Crippen molar-refractivity contribution >= 4 is 33.6 Å². The number of hydrogen-bond acceptors (Lipinski definition) is 8. The average molecular weight is 372 g/mol. The van der Waals surface area contributed by atoms with Gasteiger partial charge in [0.1, 0.15) is 0 Å². The van der Waals surface area contributed by atoms with Crippen LogP contribution in [-0.4, -0.2) is 46.3 Å². The van der Waals surface area contributed by atoms with Crippen molar-refractivity contribution in [1.82, 2.24) is 9.27 Å². The Morgan fingerprint density at radius 3 is 2.54 bits per heavy atom. The number of hydrogen-bond donors (Lipinski definition) is 0. The van der Waals surface area contributed by atoms with Gasteiger partial charge in [0.25, 0.3) is 0 Å². The van der Waals surface area contributed by atoms with Crippen LogP contribution in [-0.2, 0) is 19.1 Å². The molecule has 1 unspecified atom stereocenters. The lowest BCUT2D eigenvalue weighted by molar-refractivity contribution is -0.349. The maximum atomic E-state index is 12.1. The Balaban J connectivity index is 1.56. The van der Waals surface area contributed by atoms with Crippen molar-refractivity contribution in [2.24, 2.45) is 5.92 Å². The number of benzene rings is 1. The SMILES string of the molecule is O=C1C=CC(=O)OC2(O1)C(Oc1nsc3ccccc13)C1CCN2CC1. The van der Waals surface area contributed by atoms with E-state index in [1.807, 2.05) is 29.2 Å². The van der Waals surface area contributed by atoms with Crippen LogP contribution < -0.4 is 4.74 Å². The van der Waals surface area contributed by atoms with E-state index in [1.54, 1.807) is 0 Å². The Kier molecular flexibility index (Phi) is 3.51. The van der Waals surface area contributed by atoms with Crippen molar-refractivity contribution in [2.75, 3.05) is 13.1 Å². The molecule has 7 nitrogen and oxygen atoms in total. The molecule has 4 aliphatic heterocycles. The highest BCUT2D eigenvalue weighted by Crippen LogP contribution is 2.44. The van der Waals surface area contributed by atoms with Gasteiger partial charge in [0, 0.05) is 31.2 Å². The third kappa shape index (κ3) is 2.33. The van der Waals surface area contributed by atoms with Gasteiger partial charge in [-0.1, -0.05) is 12.1 Å². The topological polar surface area (TPSA) is 78.0 Å². The molecule has 0 amide bonds. The van der Waals surface area contributed by atoms with Crippen LogP contribution in [0.25, 0.3) is 10.1 Å². The van der Waals surface area contributed by atoms with Gasteiger partial charge in [-0.2, -0.15) is 4.37 Å². The van der Waals surface area contributed by atoms with Gasteiger partial charge in [-0.3, -0.25) is 0 Å². The molecule has 5 heterocycles. The molecule has 134 valence electrons. The highest BCUT2D eigenvalue weighted by Gasteiger charge is 2.62. The van der Waals surface area contributed by atoms with Gasteiger partial charge in [0.15, 0.2) is 6.10 Å². The van der Waals surface area contributed by atoms with Gasteiger partial charge < -0.3 is 14.2 Å². The molecule has 6 rings (SSSR count). The summed E-state index contributed by atoms with van der Waals surface area (Å²) >= 11 is 1.35. The van der Waals surface area contributed by atoms with Crippen molar-refractivity contribution in [1.29, 1.82) is 0 Å². The normalized spacial score (nSPS) is 29.5. The summed E-state index contributed by atoms with van der Waals surface area (Å²) in [4.78, 5) is 26.1. The van der Waals surface area contributed by atoms with E-state index in [0.29, 0.717) is 19.0 Å². The summed E-state index contributed by atoms with van der Waals surface area (Å²) in [5, 5.41) is 0.897. The third-order valence-electron chi connectivity index (χ3n) is 5.20. The zero-order valence-corrected chi connectivity index (χ0v) is 14.6. The first-order valence-electron chi connectivity index (χ1n) is 8.56. The number of nitrogens with zero attached hydrogens (tertiary/aromatic N) is 2. The Hall–Kier alpha value is -2.45. The second-order valence-electron chi connectivity index (χ2n) is 6.65. The molecule has 0 saturated carbocycles. The van der Waals surface area contributed by atoms with E-state index in [0.717, 1.165) is 35.1 Å².